The van der Waals surface area contributed by atoms with E-state index in [-0.39, 0.29) is 49.4 Å². The van der Waals surface area contributed by atoms with Gasteiger partial charge < -0.3 is 14.3 Å². The average Bonchev–Trinajstić information content (AvgIpc) is 3.82. The van der Waals surface area contributed by atoms with Gasteiger partial charge in [0.05, 0.1) is 29.5 Å². The first-order valence-electron chi connectivity index (χ1n) is 19.7. The zero-order valence-corrected chi connectivity index (χ0v) is 31.4. The Bertz CT molecular complexity index is 2650. The number of hydrogen-bond donors (Lipinski definition) is 1. The van der Waals surface area contributed by atoms with E-state index in [0.29, 0.717) is 50.7 Å². The van der Waals surface area contributed by atoms with Crippen LogP contribution in [0.2, 0.25) is 0 Å². The summed E-state index contributed by atoms with van der Waals surface area (Å²) in [7, 11) is 0. The van der Waals surface area contributed by atoms with Gasteiger partial charge in [-0.3, -0.25) is 24.1 Å². The lowest BCUT2D eigenvalue weighted by Gasteiger charge is -2.55. The van der Waals surface area contributed by atoms with Crippen molar-refractivity contribution in [1.29, 1.82) is 0 Å². The van der Waals surface area contributed by atoms with E-state index >= 15 is 9.59 Å². The molecule has 3 aliphatic carbocycles. The number of para-hydroxylation sites is 3. The number of imide groups is 1. The number of hydrogen-bond acceptors (Lipinski definition) is 8. The van der Waals surface area contributed by atoms with Gasteiger partial charge in [-0.25, -0.2) is 4.98 Å². The molecule has 1 N–H and O–H groups in total. The molecule has 0 bridgehead atoms. The van der Waals surface area contributed by atoms with Crippen molar-refractivity contribution in [2.45, 2.75) is 24.2 Å². The fraction of sp³-hybridized carbons (Fsp3) is 0.204. The number of allylic oxidation sites excluding steroid dienone is 4. The minimum atomic E-state index is -1.39. The van der Waals surface area contributed by atoms with Gasteiger partial charge in [-0.05, 0) is 78.4 Å². The molecule has 1 saturated carbocycles. The number of oxazole rings is 1. The topological polar surface area (TPSA) is 127 Å². The molecule has 286 valence electrons. The summed E-state index contributed by atoms with van der Waals surface area (Å²) in [6.07, 6.45) is 4.03. The SMILES string of the molecule is O=C1C(c2ccccc2)=CC(=O)C2(c3ccccc3)C1CC1C(=CCC3C(=O)N(c4ccc(-c5nc6ccccc6o5)cc4)C(=O)C31)C2c1ccccc1OCCO. The predicted octanol–water partition coefficient (Wildman–Crippen LogP) is 7.89. The lowest BCUT2D eigenvalue weighted by atomic mass is 9.44. The zero-order valence-electron chi connectivity index (χ0n) is 31.4. The number of ether oxygens (including phenoxy) is 1. The maximum absolute atomic E-state index is 15.3. The maximum Gasteiger partial charge on any atom is 0.238 e. The van der Waals surface area contributed by atoms with Crippen molar-refractivity contribution in [3.05, 3.63) is 168 Å². The first kappa shape index (κ1) is 35.7. The number of aliphatic hydroxyl groups excluding tert-OH is 1. The molecule has 2 fully saturated rings. The van der Waals surface area contributed by atoms with Crippen LogP contribution in [-0.2, 0) is 24.6 Å². The summed E-state index contributed by atoms with van der Waals surface area (Å²) in [6.45, 7) is -0.194. The van der Waals surface area contributed by atoms with E-state index in [1.807, 2.05) is 115 Å². The Morgan fingerprint density at radius 3 is 2.22 bits per heavy atom. The number of carbonyl (C=O) groups is 4. The largest absolute Gasteiger partial charge is 0.491 e. The van der Waals surface area contributed by atoms with E-state index < -0.39 is 35.0 Å². The highest BCUT2D eigenvalue weighted by Crippen LogP contribution is 2.64. The van der Waals surface area contributed by atoms with Crippen LogP contribution < -0.4 is 9.64 Å². The number of rotatable bonds is 8. The second-order valence-corrected chi connectivity index (χ2v) is 15.4. The highest BCUT2D eigenvalue weighted by molar-refractivity contribution is 6.32. The number of carbonyl (C=O) groups excluding carboxylic acids is 4. The van der Waals surface area contributed by atoms with E-state index in [1.165, 1.54) is 11.0 Å². The molecule has 1 saturated heterocycles. The Balaban J connectivity index is 1.11. The van der Waals surface area contributed by atoms with Crippen LogP contribution in [0.3, 0.4) is 0 Å². The zero-order chi connectivity index (χ0) is 39.5. The summed E-state index contributed by atoms with van der Waals surface area (Å²) in [4.78, 5) is 65.8. The van der Waals surface area contributed by atoms with Gasteiger partial charge in [0, 0.05) is 28.5 Å². The quantitative estimate of drug-likeness (QED) is 0.122. The summed E-state index contributed by atoms with van der Waals surface area (Å²) in [5.41, 5.74) is 4.34. The van der Waals surface area contributed by atoms with Crippen molar-refractivity contribution in [3.8, 4) is 17.2 Å². The van der Waals surface area contributed by atoms with E-state index in [0.717, 1.165) is 11.1 Å². The number of fused-ring (bicyclic) bond motifs is 5. The number of ketones is 2. The van der Waals surface area contributed by atoms with Crippen molar-refractivity contribution >= 4 is 45.7 Å². The van der Waals surface area contributed by atoms with E-state index in [1.54, 1.807) is 24.3 Å². The minimum absolute atomic E-state index is 0.0246. The number of nitrogens with zero attached hydrogens (tertiary/aromatic N) is 2. The van der Waals surface area contributed by atoms with Crippen LogP contribution in [0.4, 0.5) is 5.69 Å². The maximum atomic E-state index is 15.3. The monoisotopic (exact) mass is 766 g/mol. The molecule has 9 nitrogen and oxygen atoms in total. The molecular formula is C49H38N2O7. The Morgan fingerprint density at radius 1 is 0.759 bits per heavy atom. The summed E-state index contributed by atoms with van der Waals surface area (Å²) in [6, 6.07) is 40.7. The van der Waals surface area contributed by atoms with Crippen LogP contribution in [0.5, 0.6) is 5.75 Å². The van der Waals surface area contributed by atoms with Gasteiger partial charge in [0.2, 0.25) is 17.7 Å². The Hall–Kier alpha value is -6.71. The van der Waals surface area contributed by atoms with Crippen LogP contribution in [0.25, 0.3) is 28.1 Å². The molecule has 1 aromatic heterocycles. The smallest absolute Gasteiger partial charge is 0.238 e. The second kappa shape index (κ2) is 14.0. The molecule has 6 aromatic rings. The number of anilines is 1. The molecule has 2 heterocycles. The van der Waals surface area contributed by atoms with E-state index in [2.05, 4.69) is 4.98 Å². The van der Waals surface area contributed by atoms with Gasteiger partial charge in [0.25, 0.3) is 0 Å². The fourth-order valence-corrected chi connectivity index (χ4v) is 10.2. The molecule has 58 heavy (non-hydrogen) atoms. The number of benzene rings is 5. The number of aromatic nitrogens is 1. The number of Topliss-reactive ketones (excluding diaryl/α,β-unsaturated/α-hetero) is 1. The van der Waals surface area contributed by atoms with Gasteiger partial charge in [-0.15, -0.1) is 0 Å². The van der Waals surface area contributed by atoms with E-state index in [9.17, 15) is 14.7 Å². The van der Waals surface area contributed by atoms with Crippen LogP contribution in [0.1, 0.15) is 35.4 Å². The molecule has 4 aliphatic rings. The number of aliphatic hydroxyl groups is 1. The van der Waals surface area contributed by atoms with Crippen molar-refractivity contribution in [3.63, 3.8) is 0 Å². The third kappa shape index (κ3) is 5.37. The van der Waals surface area contributed by atoms with Gasteiger partial charge in [-0.2, -0.15) is 0 Å². The minimum Gasteiger partial charge on any atom is -0.491 e. The van der Waals surface area contributed by atoms with Gasteiger partial charge >= 0.3 is 0 Å². The van der Waals surface area contributed by atoms with Crippen molar-refractivity contribution in [2.24, 2.45) is 23.7 Å². The van der Waals surface area contributed by atoms with Crippen LogP contribution >= 0.6 is 0 Å². The highest BCUT2D eigenvalue weighted by atomic mass is 16.5. The van der Waals surface area contributed by atoms with Gasteiger partial charge in [-0.1, -0.05) is 103 Å². The van der Waals surface area contributed by atoms with E-state index in [4.69, 9.17) is 9.15 Å². The third-order valence-corrected chi connectivity index (χ3v) is 12.6. The highest BCUT2D eigenvalue weighted by Gasteiger charge is 2.66. The van der Waals surface area contributed by atoms with Crippen LogP contribution in [0, 0.1) is 23.7 Å². The summed E-state index contributed by atoms with van der Waals surface area (Å²) >= 11 is 0. The Morgan fingerprint density at radius 2 is 1.47 bits per heavy atom. The number of amides is 2. The Labute approximate surface area is 334 Å². The van der Waals surface area contributed by atoms with Gasteiger partial charge in [0.1, 0.15) is 17.9 Å². The van der Waals surface area contributed by atoms with Crippen LogP contribution in [-0.4, -0.2) is 46.7 Å². The fourth-order valence-electron chi connectivity index (χ4n) is 10.2. The Kier molecular flexibility index (Phi) is 8.64. The third-order valence-electron chi connectivity index (χ3n) is 12.6. The molecule has 2 amide bonds. The molecule has 9 heteroatoms. The molecule has 6 unspecified atom stereocenters. The molecule has 0 radical (unpaired) electrons. The molecule has 10 rings (SSSR count). The summed E-state index contributed by atoms with van der Waals surface area (Å²) in [5, 5.41) is 9.80. The molecular weight excluding hydrogens is 729 g/mol. The predicted molar refractivity (Wildman–Crippen MR) is 218 cm³/mol. The molecule has 6 atom stereocenters. The summed E-state index contributed by atoms with van der Waals surface area (Å²) in [5.74, 6) is -3.67. The first-order chi connectivity index (χ1) is 28.4. The van der Waals surface area contributed by atoms with Gasteiger partial charge in [0.15, 0.2) is 17.1 Å². The van der Waals surface area contributed by atoms with Crippen molar-refractivity contribution in [2.75, 3.05) is 18.1 Å². The van der Waals surface area contributed by atoms with Crippen molar-refractivity contribution < 1.29 is 33.4 Å². The average molecular weight is 767 g/mol. The first-order valence-corrected chi connectivity index (χ1v) is 19.7. The summed E-state index contributed by atoms with van der Waals surface area (Å²) < 4.78 is 12.1. The molecule has 5 aromatic carbocycles. The lowest BCUT2D eigenvalue weighted by molar-refractivity contribution is -0.135. The van der Waals surface area contributed by atoms with Crippen molar-refractivity contribution in [1.82, 2.24) is 4.98 Å². The molecule has 0 spiro atoms. The molecule has 1 aliphatic heterocycles. The van der Waals surface area contributed by atoms with Crippen LogP contribution in [0.15, 0.2) is 156 Å². The normalized spacial score (nSPS) is 25.2. The second-order valence-electron chi connectivity index (χ2n) is 15.4. The lowest BCUT2D eigenvalue weighted by Crippen LogP contribution is -2.58. The standard InChI is InChI=1S/C49H38N2O7/c52-25-26-57-40-17-9-7-15-34(40)44-33-23-24-35-43(48(56)51(47(35)55)32-21-19-30(20-22-32)46-50-39-16-8-10-18-41(39)58-46)37(33)27-38-45(54)36(29-11-3-1-4-12-29)28-42(53)49(38,44)31-13-5-2-6-14-31/h1-23,28,35,37-38,43-44,52H,24-27H2.